The number of hydrogen-bond acceptors (Lipinski definition) is 5. The summed E-state index contributed by atoms with van der Waals surface area (Å²) in [5.41, 5.74) is 1.51. The van der Waals surface area contributed by atoms with Crippen LogP contribution in [0.25, 0.3) is 11.1 Å². The molecule has 0 amide bonds. The molecule has 0 aliphatic carbocycles. The van der Waals surface area contributed by atoms with E-state index in [4.69, 9.17) is 5.11 Å². The van der Waals surface area contributed by atoms with Crippen LogP contribution in [0.2, 0.25) is 0 Å². The summed E-state index contributed by atoms with van der Waals surface area (Å²) in [5.74, 6) is -0.439. The summed E-state index contributed by atoms with van der Waals surface area (Å²) in [5, 5.41) is 19.1. The first-order valence-electron chi connectivity index (χ1n) is 5.84. The minimum absolute atomic E-state index is 0.0170. The maximum absolute atomic E-state index is 10.6. The van der Waals surface area contributed by atoms with E-state index >= 15 is 0 Å². The lowest BCUT2D eigenvalue weighted by atomic mass is 10.1. The molecule has 0 aliphatic rings. The van der Waals surface area contributed by atoms with E-state index in [0.717, 1.165) is 11.1 Å². The predicted octanol–water partition coefficient (Wildman–Crippen LogP) is 2.07. The Morgan fingerprint density at radius 2 is 1.75 bits per heavy atom. The summed E-state index contributed by atoms with van der Waals surface area (Å²) >= 11 is 0. The fourth-order valence-corrected chi connectivity index (χ4v) is 1.63. The van der Waals surface area contributed by atoms with Crippen LogP contribution in [0.1, 0.15) is 12.2 Å². The van der Waals surface area contributed by atoms with Crippen molar-refractivity contribution in [3.8, 4) is 11.1 Å². The van der Waals surface area contributed by atoms with Crippen molar-refractivity contribution < 1.29 is 14.8 Å². The quantitative estimate of drug-likeness (QED) is 0.660. The number of aliphatic carboxylic acids is 1. The van der Waals surface area contributed by atoms with Gasteiger partial charge in [0.2, 0.25) is 0 Å². The summed E-state index contributed by atoms with van der Waals surface area (Å²) < 4.78 is 0. The van der Waals surface area contributed by atoms with Gasteiger partial charge in [0.1, 0.15) is 5.82 Å². The maximum Gasteiger partial charge on any atom is 0.303 e. The van der Waals surface area contributed by atoms with Crippen LogP contribution in [0.5, 0.6) is 0 Å². The van der Waals surface area contributed by atoms with E-state index in [1.807, 2.05) is 0 Å². The van der Waals surface area contributed by atoms with Gasteiger partial charge in [-0.3, -0.25) is 14.9 Å². The predicted molar refractivity (Wildman–Crippen MR) is 70.1 cm³/mol. The molecule has 0 fully saturated rings. The second-order valence-corrected chi connectivity index (χ2v) is 4.09. The number of aryl methyl sites for hydroxylation is 1. The largest absolute Gasteiger partial charge is 0.481 e. The van der Waals surface area contributed by atoms with E-state index in [2.05, 4.69) is 9.97 Å². The molecule has 102 valence electrons. The van der Waals surface area contributed by atoms with Gasteiger partial charge in [-0.2, -0.15) is 0 Å². The van der Waals surface area contributed by atoms with Crippen molar-refractivity contribution in [2.24, 2.45) is 0 Å². The van der Waals surface area contributed by atoms with Gasteiger partial charge in [-0.05, 0) is 17.7 Å². The molecule has 0 saturated heterocycles. The van der Waals surface area contributed by atoms with Crippen LogP contribution in [0, 0.1) is 10.1 Å². The molecule has 0 saturated carbocycles. The second kappa shape index (κ2) is 5.87. The number of nitro groups is 1. The van der Waals surface area contributed by atoms with Gasteiger partial charge in [0.15, 0.2) is 0 Å². The molecule has 0 atom stereocenters. The highest BCUT2D eigenvalue weighted by Crippen LogP contribution is 2.21. The third-order valence-electron chi connectivity index (χ3n) is 2.68. The van der Waals surface area contributed by atoms with Gasteiger partial charge >= 0.3 is 5.97 Å². The van der Waals surface area contributed by atoms with Gasteiger partial charge < -0.3 is 5.11 Å². The van der Waals surface area contributed by atoms with Crippen molar-refractivity contribution in [3.63, 3.8) is 0 Å². The van der Waals surface area contributed by atoms with E-state index in [-0.39, 0.29) is 18.5 Å². The van der Waals surface area contributed by atoms with Gasteiger partial charge in [-0.15, -0.1) is 0 Å². The number of carboxylic acid groups (broad SMARTS) is 1. The molecule has 0 unspecified atom stereocenters. The van der Waals surface area contributed by atoms with E-state index < -0.39 is 10.9 Å². The fourth-order valence-electron chi connectivity index (χ4n) is 1.63. The molecule has 2 aromatic rings. The van der Waals surface area contributed by atoms with Crippen molar-refractivity contribution in [2.45, 2.75) is 12.8 Å². The Morgan fingerprint density at radius 1 is 1.15 bits per heavy atom. The van der Waals surface area contributed by atoms with Crippen molar-refractivity contribution in [1.82, 2.24) is 9.97 Å². The number of carbonyl (C=O) groups is 1. The van der Waals surface area contributed by atoms with E-state index in [1.54, 1.807) is 24.5 Å². The number of nitrogens with zero attached hydrogens (tertiary/aromatic N) is 3. The second-order valence-electron chi connectivity index (χ2n) is 4.09. The van der Waals surface area contributed by atoms with Gasteiger partial charge in [0, 0.05) is 36.5 Å². The highest BCUT2D eigenvalue weighted by Gasteiger charge is 2.06. The topological polar surface area (TPSA) is 106 Å². The molecule has 1 N–H and O–H groups in total. The number of non-ortho nitro benzene ring substituents is 1. The molecule has 7 nitrogen and oxygen atoms in total. The van der Waals surface area contributed by atoms with Gasteiger partial charge in [0.05, 0.1) is 11.3 Å². The molecular formula is C13H11N3O4. The Balaban J connectivity index is 2.13. The Labute approximate surface area is 114 Å². The van der Waals surface area contributed by atoms with E-state index in [0.29, 0.717) is 5.82 Å². The number of hydrogen-bond donors (Lipinski definition) is 1. The lowest BCUT2D eigenvalue weighted by molar-refractivity contribution is -0.384. The molecule has 0 aliphatic heterocycles. The standard InChI is InChI=1S/C13H11N3O4/c17-13(18)6-5-12-14-7-10(8-15-12)9-1-3-11(4-2-9)16(19)20/h1-4,7-8H,5-6H2,(H,17,18). The lowest BCUT2D eigenvalue weighted by Gasteiger charge is -2.02. The van der Waals surface area contributed by atoms with Crippen LogP contribution in [-0.4, -0.2) is 26.0 Å². The zero-order valence-corrected chi connectivity index (χ0v) is 10.4. The van der Waals surface area contributed by atoms with Crippen molar-refractivity contribution >= 4 is 11.7 Å². The number of rotatable bonds is 5. The first kappa shape index (κ1) is 13.6. The SMILES string of the molecule is O=C(O)CCc1ncc(-c2ccc([N+](=O)[O-])cc2)cn1. The molecule has 2 rings (SSSR count). The number of nitro benzene ring substituents is 1. The zero-order chi connectivity index (χ0) is 14.5. The van der Waals surface area contributed by atoms with Crippen molar-refractivity contribution in [1.29, 1.82) is 0 Å². The zero-order valence-electron chi connectivity index (χ0n) is 10.4. The summed E-state index contributed by atoms with van der Waals surface area (Å²) in [7, 11) is 0. The minimum Gasteiger partial charge on any atom is -0.481 e. The summed E-state index contributed by atoms with van der Waals surface area (Å²) in [4.78, 5) is 28.7. The number of benzene rings is 1. The normalized spacial score (nSPS) is 10.2. The minimum atomic E-state index is -0.895. The molecule has 1 aromatic carbocycles. The molecule has 7 heteroatoms. The Kier molecular flexibility index (Phi) is 3.99. The van der Waals surface area contributed by atoms with E-state index in [9.17, 15) is 14.9 Å². The third-order valence-corrected chi connectivity index (χ3v) is 2.68. The number of aromatic nitrogens is 2. The van der Waals surface area contributed by atoms with Gasteiger partial charge in [-0.25, -0.2) is 9.97 Å². The first-order valence-corrected chi connectivity index (χ1v) is 5.84. The van der Waals surface area contributed by atoms with Crippen LogP contribution in [0.15, 0.2) is 36.7 Å². The third kappa shape index (κ3) is 3.35. The molecular weight excluding hydrogens is 262 g/mol. The fraction of sp³-hybridized carbons (Fsp3) is 0.154. The molecule has 0 bridgehead atoms. The van der Waals surface area contributed by atoms with Crippen molar-refractivity contribution in [3.05, 3.63) is 52.6 Å². The molecule has 1 aromatic heterocycles. The average molecular weight is 273 g/mol. The first-order chi connectivity index (χ1) is 9.56. The lowest BCUT2D eigenvalue weighted by Crippen LogP contribution is -2.01. The van der Waals surface area contributed by atoms with Crippen molar-refractivity contribution in [2.75, 3.05) is 0 Å². The maximum atomic E-state index is 10.6. The number of carboxylic acids is 1. The van der Waals surface area contributed by atoms with E-state index in [1.165, 1.54) is 12.1 Å². The Hall–Kier alpha value is -2.83. The Morgan fingerprint density at radius 3 is 2.25 bits per heavy atom. The molecule has 0 radical (unpaired) electrons. The molecule has 1 heterocycles. The van der Waals surface area contributed by atoms with Crippen LogP contribution in [0.4, 0.5) is 5.69 Å². The molecule has 0 spiro atoms. The summed E-state index contributed by atoms with van der Waals surface area (Å²) in [6.07, 6.45) is 3.41. The van der Waals surface area contributed by atoms with Crippen LogP contribution in [-0.2, 0) is 11.2 Å². The molecule has 20 heavy (non-hydrogen) atoms. The summed E-state index contributed by atoms with van der Waals surface area (Å²) in [6, 6.07) is 6.06. The Bertz CT molecular complexity index is 623. The monoisotopic (exact) mass is 273 g/mol. The van der Waals surface area contributed by atoms with Gasteiger partial charge in [0.25, 0.3) is 5.69 Å². The highest BCUT2D eigenvalue weighted by molar-refractivity contribution is 5.67. The smallest absolute Gasteiger partial charge is 0.303 e. The van der Waals surface area contributed by atoms with Crippen LogP contribution in [0.3, 0.4) is 0 Å². The summed E-state index contributed by atoms with van der Waals surface area (Å²) in [6.45, 7) is 0. The highest BCUT2D eigenvalue weighted by atomic mass is 16.6. The average Bonchev–Trinajstić information content (AvgIpc) is 2.46. The van der Waals surface area contributed by atoms with Gasteiger partial charge in [-0.1, -0.05) is 0 Å². The van der Waals surface area contributed by atoms with Crippen LogP contribution >= 0.6 is 0 Å². The van der Waals surface area contributed by atoms with Crippen LogP contribution < -0.4 is 0 Å².